The molecule has 0 fully saturated rings. The van der Waals surface area contributed by atoms with Gasteiger partial charge in [0.1, 0.15) is 11.2 Å². The summed E-state index contributed by atoms with van der Waals surface area (Å²) in [6.07, 6.45) is 0. The van der Waals surface area contributed by atoms with E-state index in [1.54, 1.807) is 0 Å². The van der Waals surface area contributed by atoms with Crippen LogP contribution < -0.4 is 0 Å². The molecule has 5 aromatic rings. The zero-order valence-corrected chi connectivity index (χ0v) is 15.0. The van der Waals surface area contributed by atoms with Gasteiger partial charge in [-0.15, -0.1) is 0 Å². The van der Waals surface area contributed by atoms with Crippen LogP contribution in [0.4, 0.5) is 0 Å². The van der Waals surface area contributed by atoms with Crippen LogP contribution in [0.15, 0.2) is 83.3 Å². The molecule has 0 bridgehead atoms. The number of hydrogen-bond acceptors (Lipinski definition) is 1. The van der Waals surface area contributed by atoms with Crippen LogP contribution in [0.2, 0.25) is 0 Å². The summed E-state index contributed by atoms with van der Waals surface area (Å²) in [4.78, 5) is 0. The lowest BCUT2D eigenvalue weighted by atomic mass is 9.96. The third-order valence-corrected chi connectivity index (χ3v) is 5.26. The normalized spacial score (nSPS) is 11.8. The first kappa shape index (κ1) is 15.2. The second-order valence-electron chi connectivity index (χ2n) is 7.25. The lowest BCUT2D eigenvalue weighted by Crippen LogP contribution is -1.85. The smallest absolute Gasteiger partial charge is 0.135 e. The summed E-state index contributed by atoms with van der Waals surface area (Å²) in [5.41, 5.74) is 5.72. The average Bonchev–Trinajstić information content (AvgIpc) is 3.04. The number of benzene rings is 4. The molecule has 0 unspecified atom stereocenters. The Morgan fingerprint density at radius 2 is 1.50 bits per heavy atom. The van der Waals surface area contributed by atoms with Gasteiger partial charge in [-0.2, -0.15) is 0 Å². The first-order chi connectivity index (χ1) is 12.7. The van der Waals surface area contributed by atoms with E-state index in [-0.39, 0.29) is 0 Å². The maximum atomic E-state index is 6.12. The Bertz CT molecular complexity index is 1250. The highest BCUT2D eigenvalue weighted by Crippen LogP contribution is 2.35. The van der Waals surface area contributed by atoms with Gasteiger partial charge in [-0.3, -0.25) is 0 Å². The van der Waals surface area contributed by atoms with Gasteiger partial charge in [0, 0.05) is 10.8 Å². The van der Waals surface area contributed by atoms with Gasteiger partial charge in [0.25, 0.3) is 0 Å². The molecule has 4 aromatic carbocycles. The fraction of sp³-hybridized carbons (Fsp3) is 0.120. The second-order valence-corrected chi connectivity index (χ2v) is 7.25. The summed E-state index contributed by atoms with van der Waals surface area (Å²) >= 11 is 0. The van der Waals surface area contributed by atoms with Gasteiger partial charge in [-0.1, -0.05) is 74.5 Å². The Balaban J connectivity index is 1.75. The van der Waals surface area contributed by atoms with E-state index in [4.69, 9.17) is 4.42 Å². The number of furan rings is 1. The summed E-state index contributed by atoms with van der Waals surface area (Å²) in [6.45, 7) is 4.42. The van der Waals surface area contributed by atoms with Crippen molar-refractivity contribution in [2.24, 2.45) is 0 Å². The van der Waals surface area contributed by atoms with Gasteiger partial charge in [0.05, 0.1) is 0 Å². The van der Waals surface area contributed by atoms with Crippen molar-refractivity contribution < 1.29 is 4.42 Å². The van der Waals surface area contributed by atoms with E-state index in [0.29, 0.717) is 5.92 Å². The van der Waals surface area contributed by atoms with Crippen molar-refractivity contribution in [3.05, 3.63) is 84.4 Å². The van der Waals surface area contributed by atoms with Crippen LogP contribution in [-0.4, -0.2) is 0 Å². The summed E-state index contributed by atoms with van der Waals surface area (Å²) < 4.78 is 6.12. The molecule has 5 rings (SSSR count). The lowest BCUT2D eigenvalue weighted by Gasteiger charge is -2.07. The van der Waals surface area contributed by atoms with Crippen LogP contribution in [0.5, 0.6) is 0 Å². The summed E-state index contributed by atoms with van der Waals surface area (Å²) in [7, 11) is 0. The van der Waals surface area contributed by atoms with E-state index in [0.717, 1.165) is 11.2 Å². The summed E-state index contributed by atoms with van der Waals surface area (Å²) in [5, 5.41) is 4.92. The molecule has 0 aliphatic rings. The van der Waals surface area contributed by atoms with E-state index >= 15 is 0 Å². The van der Waals surface area contributed by atoms with Crippen molar-refractivity contribution in [2.45, 2.75) is 19.8 Å². The standard InChI is InChI=1S/C25H20O/c1-16(2)18-10-12-22-23-14-19(11-13-24(23)26-25(22)15-18)21-9-5-7-17-6-3-4-8-20(17)21/h3-16H,1-2H3. The van der Waals surface area contributed by atoms with Crippen LogP contribution in [0.3, 0.4) is 0 Å². The average molecular weight is 336 g/mol. The third-order valence-electron chi connectivity index (χ3n) is 5.26. The number of fused-ring (bicyclic) bond motifs is 4. The summed E-state index contributed by atoms with van der Waals surface area (Å²) in [5.74, 6) is 0.499. The van der Waals surface area contributed by atoms with E-state index in [1.807, 2.05) is 0 Å². The Labute approximate surface area is 152 Å². The predicted octanol–water partition coefficient (Wildman–Crippen LogP) is 7.53. The van der Waals surface area contributed by atoms with E-state index in [2.05, 4.69) is 92.7 Å². The molecule has 1 heteroatoms. The second kappa shape index (κ2) is 5.74. The van der Waals surface area contributed by atoms with Crippen molar-refractivity contribution in [3.8, 4) is 11.1 Å². The first-order valence-electron chi connectivity index (χ1n) is 9.15. The molecule has 0 N–H and O–H groups in total. The molecule has 1 heterocycles. The molecular formula is C25H20O. The van der Waals surface area contributed by atoms with Crippen LogP contribution >= 0.6 is 0 Å². The Morgan fingerprint density at radius 3 is 2.38 bits per heavy atom. The Kier molecular flexibility index (Phi) is 3.36. The van der Waals surface area contributed by atoms with Crippen LogP contribution in [0.1, 0.15) is 25.3 Å². The minimum absolute atomic E-state index is 0.499. The quantitative estimate of drug-likeness (QED) is 0.325. The fourth-order valence-corrected chi connectivity index (χ4v) is 3.80. The van der Waals surface area contributed by atoms with Crippen LogP contribution in [0.25, 0.3) is 43.8 Å². The zero-order valence-electron chi connectivity index (χ0n) is 15.0. The van der Waals surface area contributed by atoms with Crippen molar-refractivity contribution >= 4 is 32.7 Å². The zero-order chi connectivity index (χ0) is 17.7. The molecule has 0 saturated carbocycles. The minimum atomic E-state index is 0.499. The van der Waals surface area contributed by atoms with E-state index in [9.17, 15) is 0 Å². The monoisotopic (exact) mass is 336 g/mol. The number of hydrogen-bond donors (Lipinski definition) is 0. The first-order valence-corrected chi connectivity index (χ1v) is 9.15. The molecule has 1 nitrogen and oxygen atoms in total. The minimum Gasteiger partial charge on any atom is -0.456 e. The van der Waals surface area contributed by atoms with Gasteiger partial charge >= 0.3 is 0 Å². The maximum absolute atomic E-state index is 6.12. The van der Waals surface area contributed by atoms with Crippen LogP contribution in [0, 0.1) is 0 Å². The van der Waals surface area contributed by atoms with Gasteiger partial charge in [0.15, 0.2) is 0 Å². The van der Waals surface area contributed by atoms with Crippen molar-refractivity contribution in [2.75, 3.05) is 0 Å². The third kappa shape index (κ3) is 2.32. The fourth-order valence-electron chi connectivity index (χ4n) is 3.80. The van der Waals surface area contributed by atoms with Gasteiger partial charge < -0.3 is 4.42 Å². The van der Waals surface area contributed by atoms with Gasteiger partial charge in [-0.05, 0) is 51.6 Å². The van der Waals surface area contributed by atoms with Crippen molar-refractivity contribution in [3.63, 3.8) is 0 Å². The largest absolute Gasteiger partial charge is 0.456 e. The van der Waals surface area contributed by atoms with Crippen molar-refractivity contribution in [1.29, 1.82) is 0 Å². The van der Waals surface area contributed by atoms with Gasteiger partial charge in [0.2, 0.25) is 0 Å². The SMILES string of the molecule is CC(C)c1ccc2c(c1)oc1ccc(-c3cccc4ccccc34)cc12. The molecular weight excluding hydrogens is 316 g/mol. The van der Waals surface area contributed by atoms with Crippen molar-refractivity contribution in [1.82, 2.24) is 0 Å². The summed E-state index contributed by atoms with van der Waals surface area (Å²) in [6, 6.07) is 28.2. The Morgan fingerprint density at radius 1 is 0.654 bits per heavy atom. The highest BCUT2D eigenvalue weighted by atomic mass is 16.3. The maximum Gasteiger partial charge on any atom is 0.135 e. The Hall–Kier alpha value is -3.06. The molecule has 26 heavy (non-hydrogen) atoms. The highest BCUT2D eigenvalue weighted by molar-refractivity contribution is 6.07. The molecule has 126 valence electrons. The molecule has 0 saturated heterocycles. The molecule has 0 amide bonds. The van der Waals surface area contributed by atoms with E-state index in [1.165, 1.54) is 38.2 Å². The molecule has 0 aliphatic heterocycles. The predicted molar refractivity (Wildman–Crippen MR) is 111 cm³/mol. The molecule has 0 aliphatic carbocycles. The lowest BCUT2D eigenvalue weighted by molar-refractivity contribution is 0.667. The topological polar surface area (TPSA) is 13.1 Å². The molecule has 0 spiro atoms. The van der Waals surface area contributed by atoms with Crippen LogP contribution in [-0.2, 0) is 0 Å². The highest BCUT2D eigenvalue weighted by Gasteiger charge is 2.11. The van der Waals surface area contributed by atoms with Gasteiger partial charge in [-0.25, -0.2) is 0 Å². The number of rotatable bonds is 2. The molecule has 1 aromatic heterocycles. The molecule has 0 atom stereocenters. The molecule has 0 radical (unpaired) electrons. The van der Waals surface area contributed by atoms with E-state index < -0.39 is 0 Å².